The summed E-state index contributed by atoms with van der Waals surface area (Å²) in [5, 5.41) is 10.3. The van der Waals surface area contributed by atoms with Gasteiger partial charge in [0.2, 0.25) is 0 Å². The number of imidazole rings is 1. The Hall–Kier alpha value is -2.22. The molecule has 1 aromatic carbocycles. The average Bonchev–Trinajstić information content (AvgIpc) is 2.78. The molecule has 0 aliphatic rings. The van der Waals surface area contributed by atoms with Crippen LogP contribution in [0.5, 0.6) is 0 Å². The van der Waals surface area contributed by atoms with Crippen molar-refractivity contribution in [1.29, 1.82) is 5.26 Å². The van der Waals surface area contributed by atoms with Crippen molar-refractivity contribution in [3.8, 4) is 17.2 Å². The fourth-order valence-electron chi connectivity index (χ4n) is 2.06. The maximum absolute atomic E-state index is 9.30. The topological polar surface area (TPSA) is 67.1 Å². The molecule has 3 rings (SSSR count). The predicted molar refractivity (Wildman–Crippen MR) is 79.8 cm³/mol. The highest BCUT2D eigenvalue weighted by Crippen LogP contribution is 2.33. The molecular formula is C14H8Cl2N4. The van der Waals surface area contributed by atoms with Crippen LogP contribution in [0.25, 0.3) is 16.8 Å². The first kappa shape index (κ1) is 12.8. The van der Waals surface area contributed by atoms with E-state index < -0.39 is 0 Å². The van der Waals surface area contributed by atoms with Crippen LogP contribution in [0.1, 0.15) is 5.56 Å². The SMILES string of the molecule is N#Cc1cc2ncc(N)n2cc1-c1ccc(Cl)cc1Cl. The minimum atomic E-state index is 0.479. The zero-order valence-electron chi connectivity index (χ0n) is 10.1. The minimum Gasteiger partial charge on any atom is -0.383 e. The van der Waals surface area contributed by atoms with E-state index in [9.17, 15) is 5.26 Å². The van der Waals surface area contributed by atoms with Crippen molar-refractivity contribution in [2.24, 2.45) is 0 Å². The van der Waals surface area contributed by atoms with Crippen molar-refractivity contribution in [3.05, 3.63) is 52.3 Å². The van der Waals surface area contributed by atoms with Gasteiger partial charge in [0.1, 0.15) is 11.5 Å². The van der Waals surface area contributed by atoms with Crippen molar-refractivity contribution < 1.29 is 0 Å². The number of anilines is 1. The van der Waals surface area contributed by atoms with Gasteiger partial charge in [0.15, 0.2) is 0 Å². The standard InChI is InChI=1S/C14H8Cl2N4/c15-9-1-2-10(12(16)4-9)11-7-20-13(18)6-19-14(20)3-8(11)5-17/h1-4,6-7H,18H2. The third-order valence-electron chi connectivity index (χ3n) is 3.02. The van der Waals surface area contributed by atoms with Crippen LogP contribution >= 0.6 is 23.2 Å². The van der Waals surface area contributed by atoms with Gasteiger partial charge in [0.25, 0.3) is 0 Å². The number of rotatable bonds is 1. The van der Waals surface area contributed by atoms with Gasteiger partial charge >= 0.3 is 0 Å². The van der Waals surface area contributed by atoms with Gasteiger partial charge in [0.05, 0.1) is 17.8 Å². The molecule has 0 aliphatic heterocycles. The predicted octanol–water partition coefficient (Wildman–Crippen LogP) is 3.76. The number of benzene rings is 1. The molecule has 0 unspecified atom stereocenters. The van der Waals surface area contributed by atoms with E-state index in [0.717, 1.165) is 5.56 Å². The second kappa shape index (κ2) is 4.71. The monoisotopic (exact) mass is 302 g/mol. The molecule has 0 fully saturated rings. The van der Waals surface area contributed by atoms with Gasteiger partial charge in [-0.2, -0.15) is 5.26 Å². The van der Waals surface area contributed by atoms with E-state index in [-0.39, 0.29) is 0 Å². The molecule has 0 amide bonds. The summed E-state index contributed by atoms with van der Waals surface area (Å²) >= 11 is 12.1. The molecular weight excluding hydrogens is 295 g/mol. The minimum absolute atomic E-state index is 0.479. The van der Waals surface area contributed by atoms with E-state index in [1.54, 1.807) is 41.1 Å². The summed E-state index contributed by atoms with van der Waals surface area (Å²) in [6.45, 7) is 0. The molecule has 0 radical (unpaired) electrons. The Bertz CT molecular complexity index is 861. The van der Waals surface area contributed by atoms with Crippen molar-refractivity contribution in [3.63, 3.8) is 0 Å². The maximum Gasteiger partial charge on any atom is 0.139 e. The van der Waals surface area contributed by atoms with Gasteiger partial charge < -0.3 is 5.73 Å². The molecule has 2 heterocycles. The quantitative estimate of drug-likeness (QED) is 0.744. The second-order valence-corrected chi connectivity index (χ2v) is 5.09. The highest BCUT2D eigenvalue weighted by molar-refractivity contribution is 6.36. The number of hydrogen-bond donors (Lipinski definition) is 1. The first-order valence-electron chi connectivity index (χ1n) is 5.72. The van der Waals surface area contributed by atoms with E-state index in [1.807, 2.05) is 0 Å². The van der Waals surface area contributed by atoms with Gasteiger partial charge in [-0.05, 0) is 18.2 Å². The van der Waals surface area contributed by atoms with Crippen LogP contribution in [0.2, 0.25) is 10.0 Å². The van der Waals surface area contributed by atoms with Gasteiger partial charge in [0, 0.05) is 27.4 Å². The number of nitrogens with zero attached hydrogens (tertiary/aromatic N) is 3. The molecule has 0 atom stereocenters. The Labute approximate surface area is 125 Å². The third-order valence-corrected chi connectivity index (χ3v) is 3.57. The molecule has 4 nitrogen and oxygen atoms in total. The van der Waals surface area contributed by atoms with Crippen LogP contribution in [0.4, 0.5) is 5.82 Å². The number of fused-ring (bicyclic) bond motifs is 1. The Kier molecular flexibility index (Phi) is 3.01. The summed E-state index contributed by atoms with van der Waals surface area (Å²) in [5.41, 5.74) is 8.35. The van der Waals surface area contributed by atoms with E-state index in [0.29, 0.717) is 32.6 Å². The smallest absolute Gasteiger partial charge is 0.139 e. The lowest BCUT2D eigenvalue weighted by Crippen LogP contribution is -1.96. The van der Waals surface area contributed by atoms with Gasteiger partial charge in [-0.1, -0.05) is 29.3 Å². The number of nitriles is 1. The van der Waals surface area contributed by atoms with E-state index in [2.05, 4.69) is 11.1 Å². The van der Waals surface area contributed by atoms with Gasteiger partial charge in [-0.3, -0.25) is 4.40 Å². The molecule has 98 valence electrons. The molecule has 0 saturated heterocycles. The van der Waals surface area contributed by atoms with E-state index in [1.165, 1.54) is 0 Å². The number of nitrogen functional groups attached to an aromatic ring is 1. The van der Waals surface area contributed by atoms with Crippen molar-refractivity contribution in [2.45, 2.75) is 0 Å². The normalized spacial score (nSPS) is 10.7. The van der Waals surface area contributed by atoms with Crippen LogP contribution in [0.15, 0.2) is 36.7 Å². The largest absolute Gasteiger partial charge is 0.383 e. The summed E-state index contributed by atoms with van der Waals surface area (Å²) in [6, 6.07) is 8.97. The maximum atomic E-state index is 9.30. The average molecular weight is 303 g/mol. The molecule has 0 spiro atoms. The number of halogens is 2. The third kappa shape index (κ3) is 1.97. The van der Waals surface area contributed by atoms with Crippen LogP contribution in [-0.4, -0.2) is 9.38 Å². The number of pyridine rings is 1. The number of aromatic nitrogens is 2. The van der Waals surface area contributed by atoms with E-state index >= 15 is 0 Å². The Morgan fingerprint density at radius 2 is 2.00 bits per heavy atom. The van der Waals surface area contributed by atoms with Crippen molar-refractivity contribution in [1.82, 2.24) is 9.38 Å². The highest BCUT2D eigenvalue weighted by atomic mass is 35.5. The summed E-state index contributed by atoms with van der Waals surface area (Å²) < 4.78 is 1.71. The molecule has 2 aromatic heterocycles. The second-order valence-electron chi connectivity index (χ2n) is 4.25. The molecule has 0 saturated carbocycles. The molecule has 0 bridgehead atoms. The number of hydrogen-bond acceptors (Lipinski definition) is 3. The summed E-state index contributed by atoms with van der Waals surface area (Å²) in [4.78, 5) is 4.13. The van der Waals surface area contributed by atoms with E-state index in [4.69, 9.17) is 28.9 Å². The first-order chi connectivity index (χ1) is 9.60. The van der Waals surface area contributed by atoms with Crippen LogP contribution in [0.3, 0.4) is 0 Å². The van der Waals surface area contributed by atoms with Gasteiger partial charge in [-0.15, -0.1) is 0 Å². The molecule has 2 N–H and O–H groups in total. The fourth-order valence-corrected chi connectivity index (χ4v) is 2.57. The van der Waals surface area contributed by atoms with Crippen molar-refractivity contribution >= 4 is 34.7 Å². The van der Waals surface area contributed by atoms with Gasteiger partial charge in [-0.25, -0.2) is 4.98 Å². The molecule has 20 heavy (non-hydrogen) atoms. The molecule has 3 aromatic rings. The lowest BCUT2D eigenvalue weighted by atomic mass is 10.0. The van der Waals surface area contributed by atoms with Crippen molar-refractivity contribution in [2.75, 3.05) is 5.73 Å². The summed E-state index contributed by atoms with van der Waals surface area (Å²) in [5.74, 6) is 0.496. The van der Waals surface area contributed by atoms with Crippen LogP contribution in [-0.2, 0) is 0 Å². The lowest BCUT2D eigenvalue weighted by molar-refractivity contribution is 1.19. The molecule has 6 heteroatoms. The van der Waals surface area contributed by atoms with Crippen LogP contribution < -0.4 is 5.73 Å². The fraction of sp³-hybridized carbons (Fsp3) is 0. The Balaban J connectivity index is 2.34. The zero-order chi connectivity index (χ0) is 14.3. The molecule has 0 aliphatic carbocycles. The summed E-state index contributed by atoms with van der Waals surface area (Å²) in [6.07, 6.45) is 3.30. The van der Waals surface area contributed by atoms with Crippen LogP contribution in [0, 0.1) is 11.3 Å². The zero-order valence-corrected chi connectivity index (χ0v) is 11.7. The number of nitrogens with two attached hydrogens (primary N) is 1. The highest BCUT2D eigenvalue weighted by Gasteiger charge is 2.12. The first-order valence-corrected chi connectivity index (χ1v) is 6.48. The summed E-state index contributed by atoms with van der Waals surface area (Å²) in [7, 11) is 0. The Morgan fingerprint density at radius 1 is 1.20 bits per heavy atom. The lowest BCUT2D eigenvalue weighted by Gasteiger charge is -2.08. The Morgan fingerprint density at radius 3 is 2.70 bits per heavy atom.